The summed E-state index contributed by atoms with van der Waals surface area (Å²) in [7, 11) is 1.13. The maximum absolute atomic E-state index is 11.3. The molecule has 0 atom stereocenters. The molecule has 1 aromatic rings. The Morgan fingerprint density at radius 1 is 1.05 bits per heavy atom. The van der Waals surface area contributed by atoms with Gasteiger partial charge in [-0.15, -0.1) is 0 Å². The quantitative estimate of drug-likeness (QED) is 0.331. The molecule has 22 heavy (non-hydrogen) atoms. The maximum Gasteiger partial charge on any atom is 0.331 e. The van der Waals surface area contributed by atoms with E-state index in [4.69, 9.17) is 4.74 Å². The molecule has 10 heteroatoms. The van der Waals surface area contributed by atoms with Crippen LogP contribution in [0, 0.1) is 20.2 Å². The van der Waals surface area contributed by atoms with E-state index in [2.05, 4.69) is 4.74 Å². The lowest BCUT2D eigenvalue weighted by atomic mass is 10.2. The predicted molar refractivity (Wildman–Crippen MR) is 70.7 cm³/mol. The van der Waals surface area contributed by atoms with Crippen molar-refractivity contribution in [2.45, 2.75) is 6.61 Å². The van der Waals surface area contributed by atoms with Crippen LogP contribution in [0.2, 0.25) is 0 Å². The third-order valence-electron chi connectivity index (χ3n) is 2.32. The summed E-state index contributed by atoms with van der Waals surface area (Å²) < 4.78 is 8.98. The first kappa shape index (κ1) is 16.8. The van der Waals surface area contributed by atoms with Crippen molar-refractivity contribution in [1.29, 1.82) is 0 Å². The Morgan fingerprint density at radius 2 is 1.55 bits per heavy atom. The highest BCUT2D eigenvalue weighted by Crippen LogP contribution is 2.23. The average Bonchev–Trinajstić information content (AvgIpc) is 2.49. The number of nitro benzene ring substituents is 2. The van der Waals surface area contributed by atoms with Crippen molar-refractivity contribution in [3.63, 3.8) is 0 Å². The van der Waals surface area contributed by atoms with Crippen LogP contribution in [0.1, 0.15) is 5.56 Å². The number of carbonyl (C=O) groups excluding carboxylic acids is 2. The first-order valence-electron chi connectivity index (χ1n) is 5.69. The van der Waals surface area contributed by atoms with Gasteiger partial charge in [0.2, 0.25) is 0 Å². The van der Waals surface area contributed by atoms with E-state index in [0.717, 1.165) is 37.5 Å². The minimum atomic E-state index is -0.903. The van der Waals surface area contributed by atoms with Crippen LogP contribution in [-0.2, 0) is 25.7 Å². The van der Waals surface area contributed by atoms with Gasteiger partial charge in [-0.2, -0.15) is 0 Å². The van der Waals surface area contributed by atoms with Gasteiger partial charge in [-0.05, 0) is 0 Å². The van der Waals surface area contributed by atoms with Crippen LogP contribution < -0.4 is 0 Å². The van der Waals surface area contributed by atoms with Gasteiger partial charge in [0.1, 0.15) is 6.61 Å². The van der Waals surface area contributed by atoms with Gasteiger partial charge in [0.25, 0.3) is 11.4 Å². The van der Waals surface area contributed by atoms with Crippen molar-refractivity contribution in [2.24, 2.45) is 0 Å². The molecular weight excluding hydrogens is 300 g/mol. The number of hydrogen-bond donors (Lipinski definition) is 0. The molecule has 0 fully saturated rings. The lowest BCUT2D eigenvalue weighted by molar-refractivity contribution is -0.394. The van der Waals surface area contributed by atoms with Crippen LogP contribution in [0.3, 0.4) is 0 Å². The first-order valence-corrected chi connectivity index (χ1v) is 5.69. The van der Waals surface area contributed by atoms with Crippen molar-refractivity contribution < 1.29 is 28.9 Å². The normalized spacial score (nSPS) is 10.2. The number of rotatable bonds is 6. The highest BCUT2D eigenvalue weighted by atomic mass is 16.6. The number of nitro groups is 2. The number of hydrogen-bond acceptors (Lipinski definition) is 8. The third-order valence-corrected chi connectivity index (χ3v) is 2.32. The molecule has 0 radical (unpaired) electrons. The topological polar surface area (TPSA) is 139 Å². The largest absolute Gasteiger partial charge is 0.466 e. The number of ether oxygens (including phenoxy) is 2. The van der Waals surface area contributed by atoms with Crippen molar-refractivity contribution in [3.8, 4) is 0 Å². The van der Waals surface area contributed by atoms with E-state index in [-0.39, 0.29) is 5.56 Å². The zero-order valence-electron chi connectivity index (χ0n) is 11.3. The summed E-state index contributed by atoms with van der Waals surface area (Å²) in [4.78, 5) is 41.8. The molecule has 1 rings (SSSR count). The Hall–Kier alpha value is -3.30. The van der Waals surface area contributed by atoms with Crippen LogP contribution in [0.4, 0.5) is 11.4 Å². The fraction of sp³-hybridized carbons (Fsp3) is 0.167. The SMILES string of the molecule is COC(=O)/C=C\C(=O)OCc1cc([N+](=O)[O-])cc([N+](=O)[O-])c1. The number of methoxy groups -OCH3 is 1. The second kappa shape index (κ2) is 7.47. The fourth-order valence-electron chi connectivity index (χ4n) is 1.36. The Bertz CT molecular complexity index is 620. The molecule has 0 spiro atoms. The Balaban J connectivity index is 2.83. The van der Waals surface area contributed by atoms with Gasteiger partial charge in [-0.3, -0.25) is 20.2 Å². The molecule has 0 saturated heterocycles. The molecule has 116 valence electrons. The fourth-order valence-corrected chi connectivity index (χ4v) is 1.36. The van der Waals surface area contributed by atoms with Gasteiger partial charge < -0.3 is 9.47 Å². The van der Waals surface area contributed by atoms with E-state index in [9.17, 15) is 29.8 Å². The Kier molecular flexibility index (Phi) is 5.69. The van der Waals surface area contributed by atoms with Gasteiger partial charge >= 0.3 is 11.9 Å². The Morgan fingerprint density at radius 3 is 2.00 bits per heavy atom. The summed E-state index contributed by atoms with van der Waals surface area (Å²) in [5.74, 6) is -1.66. The van der Waals surface area contributed by atoms with E-state index in [1.807, 2.05) is 0 Å². The van der Waals surface area contributed by atoms with Crippen molar-refractivity contribution in [2.75, 3.05) is 7.11 Å². The number of benzene rings is 1. The molecule has 0 aromatic heterocycles. The number of nitrogens with zero attached hydrogens (tertiary/aromatic N) is 2. The molecule has 1 aromatic carbocycles. The molecule has 0 bridgehead atoms. The standard InChI is InChI=1S/C12H10N2O8/c1-21-11(15)2-3-12(16)22-7-8-4-9(13(17)18)6-10(5-8)14(19)20/h2-6H,7H2,1H3/b3-2-. The van der Waals surface area contributed by atoms with Crippen LogP contribution in [0.25, 0.3) is 0 Å². The van der Waals surface area contributed by atoms with Crippen LogP contribution in [0.5, 0.6) is 0 Å². The van der Waals surface area contributed by atoms with Crippen molar-refractivity contribution in [1.82, 2.24) is 0 Å². The molecule has 0 amide bonds. The van der Waals surface area contributed by atoms with Crippen molar-refractivity contribution in [3.05, 3.63) is 56.1 Å². The number of esters is 2. The Labute approximate surface area is 123 Å². The van der Waals surface area contributed by atoms with Gasteiger partial charge in [0.05, 0.1) is 23.0 Å². The molecule has 0 N–H and O–H groups in total. The molecular formula is C12H10N2O8. The van der Waals surface area contributed by atoms with E-state index in [0.29, 0.717) is 0 Å². The molecule has 10 nitrogen and oxygen atoms in total. The summed E-state index contributed by atoms with van der Waals surface area (Å²) in [6, 6.07) is 2.89. The third kappa shape index (κ3) is 5.00. The van der Waals surface area contributed by atoms with Gasteiger partial charge in [-0.1, -0.05) is 0 Å². The van der Waals surface area contributed by atoms with E-state index in [1.165, 1.54) is 0 Å². The van der Waals surface area contributed by atoms with Gasteiger partial charge in [0.15, 0.2) is 0 Å². The number of non-ortho nitro benzene ring substituents is 2. The summed E-state index contributed by atoms with van der Waals surface area (Å²) in [5.41, 5.74) is -0.920. The molecule has 0 saturated carbocycles. The maximum atomic E-state index is 11.3. The monoisotopic (exact) mass is 310 g/mol. The van der Waals surface area contributed by atoms with Gasteiger partial charge in [0, 0.05) is 29.8 Å². The predicted octanol–water partition coefficient (Wildman–Crippen LogP) is 1.28. The highest BCUT2D eigenvalue weighted by molar-refractivity contribution is 5.91. The zero-order chi connectivity index (χ0) is 16.7. The van der Waals surface area contributed by atoms with E-state index in [1.54, 1.807) is 0 Å². The minimum Gasteiger partial charge on any atom is -0.466 e. The lowest BCUT2D eigenvalue weighted by Crippen LogP contribution is -2.04. The summed E-state index contributed by atoms with van der Waals surface area (Å²) >= 11 is 0. The van der Waals surface area contributed by atoms with Crippen molar-refractivity contribution >= 4 is 23.3 Å². The average molecular weight is 310 g/mol. The molecule has 0 aliphatic heterocycles. The minimum absolute atomic E-state index is 0.0701. The summed E-state index contributed by atoms with van der Waals surface area (Å²) in [5, 5.41) is 21.4. The van der Waals surface area contributed by atoms with Crippen LogP contribution in [-0.4, -0.2) is 28.9 Å². The molecule has 0 heterocycles. The number of carbonyl (C=O) groups is 2. The molecule has 0 aliphatic carbocycles. The van der Waals surface area contributed by atoms with Crippen LogP contribution >= 0.6 is 0 Å². The lowest BCUT2D eigenvalue weighted by Gasteiger charge is -2.02. The highest BCUT2D eigenvalue weighted by Gasteiger charge is 2.16. The second-order valence-electron chi connectivity index (χ2n) is 3.84. The van der Waals surface area contributed by atoms with E-state index < -0.39 is 39.8 Å². The molecule has 0 aliphatic rings. The zero-order valence-corrected chi connectivity index (χ0v) is 11.3. The second-order valence-corrected chi connectivity index (χ2v) is 3.84. The first-order chi connectivity index (χ1) is 10.3. The summed E-state index contributed by atoms with van der Waals surface area (Å²) in [6.45, 7) is -0.424. The van der Waals surface area contributed by atoms with Crippen LogP contribution in [0.15, 0.2) is 30.4 Å². The molecule has 0 unspecified atom stereocenters. The summed E-state index contributed by atoms with van der Waals surface area (Å²) in [6.07, 6.45) is 1.63. The van der Waals surface area contributed by atoms with E-state index >= 15 is 0 Å². The smallest absolute Gasteiger partial charge is 0.331 e. The van der Waals surface area contributed by atoms with Gasteiger partial charge in [-0.25, -0.2) is 9.59 Å².